The van der Waals surface area contributed by atoms with E-state index in [2.05, 4.69) is 19.2 Å². The average Bonchev–Trinajstić information content (AvgIpc) is 2.27. The lowest BCUT2D eigenvalue weighted by Gasteiger charge is -2.20. The lowest BCUT2D eigenvalue weighted by molar-refractivity contribution is 0.408. The molecule has 0 spiro atoms. The molecule has 1 N–H and O–H groups in total. The summed E-state index contributed by atoms with van der Waals surface area (Å²) in [4.78, 5) is 0. The third-order valence-electron chi connectivity index (χ3n) is 2.72. The molecule has 110 valence electrons. The minimum Gasteiger partial charge on any atom is -0.315 e. The zero-order valence-electron chi connectivity index (χ0n) is 12.4. The maximum Gasteiger partial charge on any atom is 0.214 e. The van der Waals surface area contributed by atoms with E-state index in [4.69, 9.17) is 0 Å². The molecule has 0 fully saturated rings. The summed E-state index contributed by atoms with van der Waals surface area (Å²) in [5.41, 5.74) is 0. The van der Waals surface area contributed by atoms with Crippen LogP contribution in [0.1, 0.15) is 53.4 Å². The Bertz CT molecular complexity index is 283. The first-order valence-corrected chi connectivity index (χ1v) is 8.76. The largest absolute Gasteiger partial charge is 0.315 e. The van der Waals surface area contributed by atoms with Crippen LogP contribution in [0.5, 0.6) is 0 Å². The van der Waals surface area contributed by atoms with Crippen molar-refractivity contribution in [2.24, 2.45) is 0 Å². The zero-order valence-corrected chi connectivity index (χ0v) is 13.2. The van der Waals surface area contributed by atoms with Gasteiger partial charge in [0.05, 0.1) is 5.75 Å². The molecule has 0 aromatic rings. The first-order chi connectivity index (χ1) is 8.44. The highest BCUT2D eigenvalue weighted by atomic mass is 32.2. The van der Waals surface area contributed by atoms with Gasteiger partial charge < -0.3 is 5.32 Å². The number of unbranched alkanes of at least 4 members (excludes halogenated alkanes) is 1. The van der Waals surface area contributed by atoms with Crippen LogP contribution >= 0.6 is 0 Å². The minimum atomic E-state index is -3.04. The summed E-state index contributed by atoms with van der Waals surface area (Å²) in [5, 5.41) is 3.30. The van der Waals surface area contributed by atoms with Gasteiger partial charge in [-0.1, -0.05) is 27.7 Å². The summed E-state index contributed by atoms with van der Waals surface area (Å²) < 4.78 is 25.9. The summed E-state index contributed by atoms with van der Waals surface area (Å²) in [6, 6.07) is 0.471. The molecule has 0 rings (SSSR count). The van der Waals surface area contributed by atoms with Crippen molar-refractivity contribution in [3.8, 4) is 0 Å². The van der Waals surface area contributed by atoms with Crippen molar-refractivity contribution in [3.63, 3.8) is 0 Å². The van der Waals surface area contributed by atoms with Crippen molar-refractivity contribution >= 4 is 10.0 Å². The van der Waals surface area contributed by atoms with E-state index in [-0.39, 0.29) is 5.75 Å². The van der Waals surface area contributed by atoms with E-state index in [1.165, 1.54) is 0 Å². The van der Waals surface area contributed by atoms with Crippen LogP contribution in [0.25, 0.3) is 0 Å². The Morgan fingerprint density at radius 3 is 2.06 bits per heavy atom. The van der Waals surface area contributed by atoms with E-state index in [0.29, 0.717) is 19.1 Å². The standard InChI is InChI=1S/C13H30N2O2S/c1-5-10-15(11-6-2)18(16,17)12-8-7-9-14-13(3)4/h13-14H,5-12H2,1-4H3. The topological polar surface area (TPSA) is 49.4 Å². The number of hydrogen-bond donors (Lipinski definition) is 1. The summed E-state index contributed by atoms with van der Waals surface area (Å²) in [7, 11) is -3.04. The molecule has 0 aromatic heterocycles. The second-order valence-corrected chi connectivity index (χ2v) is 7.12. The van der Waals surface area contributed by atoms with Crippen molar-refractivity contribution in [3.05, 3.63) is 0 Å². The first-order valence-electron chi connectivity index (χ1n) is 7.15. The fourth-order valence-corrected chi connectivity index (χ4v) is 3.57. The van der Waals surface area contributed by atoms with Crippen LogP contribution in [0, 0.1) is 0 Å². The smallest absolute Gasteiger partial charge is 0.214 e. The molecule has 0 atom stereocenters. The molecule has 18 heavy (non-hydrogen) atoms. The number of nitrogens with zero attached hydrogens (tertiary/aromatic N) is 1. The molecule has 5 heteroatoms. The fraction of sp³-hybridized carbons (Fsp3) is 1.00. The summed E-state index contributed by atoms with van der Waals surface area (Å²) in [6.07, 6.45) is 3.43. The van der Waals surface area contributed by atoms with Crippen LogP contribution in [-0.4, -0.2) is 44.2 Å². The SMILES string of the molecule is CCCN(CCC)S(=O)(=O)CCCCNC(C)C. The summed E-state index contributed by atoms with van der Waals surface area (Å²) >= 11 is 0. The van der Waals surface area contributed by atoms with Crippen molar-refractivity contribution in [1.29, 1.82) is 0 Å². The Morgan fingerprint density at radius 2 is 1.61 bits per heavy atom. The van der Waals surface area contributed by atoms with Gasteiger partial charge >= 0.3 is 0 Å². The number of hydrogen-bond acceptors (Lipinski definition) is 3. The van der Waals surface area contributed by atoms with Crippen molar-refractivity contribution in [1.82, 2.24) is 9.62 Å². The highest BCUT2D eigenvalue weighted by Gasteiger charge is 2.19. The molecule has 0 unspecified atom stereocenters. The molecule has 0 radical (unpaired) electrons. The molecule has 0 saturated carbocycles. The Kier molecular flexibility index (Phi) is 9.68. The molecule has 0 heterocycles. The molecular formula is C13H30N2O2S. The highest BCUT2D eigenvalue weighted by Crippen LogP contribution is 2.07. The molecule has 0 saturated heterocycles. The second kappa shape index (κ2) is 9.75. The molecule has 0 aliphatic rings. The van der Waals surface area contributed by atoms with Gasteiger partial charge in [-0.05, 0) is 32.2 Å². The molecule has 0 bridgehead atoms. The Morgan fingerprint density at radius 1 is 1.06 bits per heavy atom. The maximum absolute atomic E-state index is 12.1. The molecule has 0 aliphatic heterocycles. The first kappa shape index (κ1) is 17.9. The average molecular weight is 278 g/mol. The van der Waals surface area contributed by atoms with Crippen LogP contribution in [0.4, 0.5) is 0 Å². The number of nitrogens with one attached hydrogen (secondary N) is 1. The van der Waals surface area contributed by atoms with E-state index >= 15 is 0 Å². The van der Waals surface area contributed by atoms with Crippen LogP contribution in [0.3, 0.4) is 0 Å². The van der Waals surface area contributed by atoms with Crippen molar-refractivity contribution in [2.75, 3.05) is 25.4 Å². The van der Waals surface area contributed by atoms with Gasteiger partial charge in [0.1, 0.15) is 0 Å². The zero-order chi connectivity index (χ0) is 14.0. The third-order valence-corrected chi connectivity index (χ3v) is 4.68. The van der Waals surface area contributed by atoms with Crippen LogP contribution in [0.2, 0.25) is 0 Å². The van der Waals surface area contributed by atoms with E-state index in [0.717, 1.165) is 32.2 Å². The van der Waals surface area contributed by atoms with E-state index in [9.17, 15) is 8.42 Å². The van der Waals surface area contributed by atoms with E-state index in [1.807, 2.05) is 13.8 Å². The van der Waals surface area contributed by atoms with E-state index in [1.54, 1.807) is 4.31 Å². The lowest BCUT2D eigenvalue weighted by Crippen LogP contribution is -2.34. The van der Waals surface area contributed by atoms with Gasteiger partial charge in [-0.25, -0.2) is 12.7 Å². The third kappa shape index (κ3) is 8.06. The number of rotatable bonds is 11. The highest BCUT2D eigenvalue weighted by molar-refractivity contribution is 7.89. The van der Waals surface area contributed by atoms with Gasteiger partial charge in [-0.15, -0.1) is 0 Å². The molecular weight excluding hydrogens is 248 g/mol. The molecule has 0 aromatic carbocycles. The van der Waals surface area contributed by atoms with Gasteiger partial charge in [0, 0.05) is 19.1 Å². The van der Waals surface area contributed by atoms with Gasteiger partial charge in [0.2, 0.25) is 10.0 Å². The lowest BCUT2D eigenvalue weighted by atomic mass is 10.3. The van der Waals surface area contributed by atoms with Gasteiger partial charge in [0.15, 0.2) is 0 Å². The van der Waals surface area contributed by atoms with Gasteiger partial charge in [-0.2, -0.15) is 0 Å². The maximum atomic E-state index is 12.1. The monoisotopic (exact) mass is 278 g/mol. The molecule has 0 amide bonds. The van der Waals surface area contributed by atoms with Crippen LogP contribution in [-0.2, 0) is 10.0 Å². The normalized spacial score (nSPS) is 12.6. The van der Waals surface area contributed by atoms with Crippen molar-refractivity contribution < 1.29 is 8.42 Å². The Hall–Kier alpha value is -0.130. The Balaban J connectivity index is 4.03. The fourth-order valence-electron chi connectivity index (χ4n) is 1.82. The molecule has 0 aliphatic carbocycles. The van der Waals surface area contributed by atoms with Crippen LogP contribution in [0.15, 0.2) is 0 Å². The predicted octanol–water partition coefficient (Wildman–Crippen LogP) is 2.22. The minimum absolute atomic E-state index is 0.284. The predicted molar refractivity (Wildman–Crippen MR) is 78.3 cm³/mol. The quantitative estimate of drug-likeness (QED) is 0.590. The van der Waals surface area contributed by atoms with E-state index < -0.39 is 10.0 Å². The van der Waals surface area contributed by atoms with Gasteiger partial charge in [0.25, 0.3) is 0 Å². The Labute approximate surface area is 113 Å². The second-order valence-electron chi connectivity index (χ2n) is 5.03. The number of sulfonamides is 1. The van der Waals surface area contributed by atoms with Gasteiger partial charge in [-0.3, -0.25) is 0 Å². The summed E-state index contributed by atoms with van der Waals surface area (Å²) in [5.74, 6) is 0.284. The van der Waals surface area contributed by atoms with Crippen LogP contribution < -0.4 is 5.32 Å². The van der Waals surface area contributed by atoms with Crippen molar-refractivity contribution in [2.45, 2.75) is 59.4 Å². The molecule has 4 nitrogen and oxygen atoms in total. The summed E-state index contributed by atoms with van der Waals surface area (Å²) in [6.45, 7) is 10.4.